The fourth-order valence-corrected chi connectivity index (χ4v) is 2.59. The fraction of sp³-hybridized carbons (Fsp3) is 0.250. The van der Waals surface area contributed by atoms with Crippen molar-refractivity contribution in [2.45, 2.75) is 25.7 Å². The van der Waals surface area contributed by atoms with Crippen molar-refractivity contribution in [2.24, 2.45) is 0 Å². The molecule has 1 heterocycles. The van der Waals surface area contributed by atoms with Crippen LogP contribution < -0.4 is 0 Å². The lowest BCUT2D eigenvalue weighted by molar-refractivity contribution is -0.155. The molecular weight excluding hydrogens is 240 g/mol. The lowest BCUT2D eigenvalue weighted by Crippen LogP contribution is -2.12. The maximum atomic E-state index is 12.0. The van der Waals surface area contributed by atoms with Gasteiger partial charge < -0.3 is 4.74 Å². The van der Waals surface area contributed by atoms with Crippen LogP contribution in [0.5, 0.6) is 0 Å². The molecule has 2 aliphatic rings. The summed E-state index contributed by atoms with van der Waals surface area (Å²) in [6, 6.07) is 8.04. The molecule has 1 aliphatic heterocycles. The second-order valence-electron chi connectivity index (χ2n) is 4.77. The summed E-state index contributed by atoms with van der Waals surface area (Å²) in [7, 11) is 0. The number of benzene rings is 1. The van der Waals surface area contributed by atoms with Crippen molar-refractivity contribution in [2.75, 3.05) is 0 Å². The molecule has 1 aromatic rings. The highest BCUT2D eigenvalue weighted by molar-refractivity contribution is 6.05. The Hall–Kier alpha value is -2.16. The van der Waals surface area contributed by atoms with Gasteiger partial charge in [0.25, 0.3) is 0 Å². The molecular formula is C16H14O3. The van der Waals surface area contributed by atoms with Crippen LogP contribution in [-0.2, 0) is 20.7 Å². The third kappa shape index (κ3) is 2.24. The number of allylic oxidation sites excluding steroid dienone is 3. The van der Waals surface area contributed by atoms with Gasteiger partial charge in [0.05, 0.1) is 0 Å². The van der Waals surface area contributed by atoms with Crippen LogP contribution in [0.1, 0.15) is 30.4 Å². The molecule has 0 aromatic heterocycles. The van der Waals surface area contributed by atoms with Crippen molar-refractivity contribution >= 4 is 17.5 Å². The van der Waals surface area contributed by atoms with Gasteiger partial charge in [0.1, 0.15) is 0 Å². The van der Waals surface area contributed by atoms with E-state index in [4.69, 9.17) is 4.74 Å². The second kappa shape index (κ2) is 4.84. The molecule has 3 nitrogen and oxygen atoms in total. The van der Waals surface area contributed by atoms with E-state index >= 15 is 0 Å². The Labute approximate surface area is 111 Å². The lowest BCUT2D eigenvalue weighted by atomic mass is 9.88. The third-order valence-electron chi connectivity index (χ3n) is 3.52. The molecule has 19 heavy (non-hydrogen) atoms. The van der Waals surface area contributed by atoms with Gasteiger partial charge in [-0.25, -0.2) is 4.79 Å². The Morgan fingerprint density at radius 3 is 2.79 bits per heavy atom. The van der Waals surface area contributed by atoms with E-state index in [-0.39, 0.29) is 0 Å². The summed E-state index contributed by atoms with van der Waals surface area (Å²) in [6.45, 7) is 0. The average Bonchev–Trinajstić information content (AvgIpc) is 2.59. The van der Waals surface area contributed by atoms with Gasteiger partial charge in [-0.05, 0) is 36.0 Å². The summed E-state index contributed by atoms with van der Waals surface area (Å²) in [5, 5.41) is 0. The molecule has 0 radical (unpaired) electrons. The number of fused-ring (bicyclic) bond motifs is 1. The predicted molar refractivity (Wildman–Crippen MR) is 71.2 cm³/mol. The number of carbonyl (C=O) groups is 2. The van der Waals surface area contributed by atoms with E-state index in [1.165, 1.54) is 5.56 Å². The standard InChI is InChI=1S/C16H14O3/c17-15-10-4-9-14(16(18)19-15)13-8-3-6-11-5-1-2-7-12(11)13/h1-3,5,7-8H,4,6,9-10H2. The Balaban J connectivity index is 2.10. The van der Waals surface area contributed by atoms with Crippen LogP contribution in [0.2, 0.25) is 0 Å². The number of esters is 2. The van der Waals surface area contributed by atoms with Crippen molar-refractivity contribution < 1.29 is 14.3 Å². The van der Waals surface area contributed by atoms with E-state index in [0.717, 1.165) is 17.6 Å². The highest BCUT2D eigenvalue weighted by atomic mass is 16.6. The molecule has 0 unspecified atom stereocenters. The third-order valence-corrected chi connectivity index (χ3v) is 3.52. The Morgan fingerprint density at radius 1 is 1.05 bits per heavy atom. The fourth-order valence-electron chi connectivity index (χ4n) is 2.59. The van der Waals surface area contributed by atoms with Gasteiger partial charge in [0.15, 0.2) is 0 Å². The number of carbonyl (C=O) groups excluding carboxylic acids is 2. The first-order valence-corrected chi connectivity index (χ1v) is 6.48. The molecule has 1 saturated heterocycles. The maximum absolute atomic E-state index is 12.0. The molecule has 1 fully saturated rings. The average molecular weight is 254 g/mol. The van der Waals surface area contributed by atoms with E-state index < -0.39 is 11.9 Å². The van der Waals surface area contributed by atoms with Crippen molar-refractivity contribution in [1.82, 2.24) is 0 Å². The Morgan fingerprint density at radius 2 is 1.89 bits per heavy atom. The van der Waals surface area contributed by atoms with Crippen molar-refractivity contribution in [3.8, 4) is 0 Å². The summed E-state index contributed by atoms with van der Waals surface area (Å²) in [6.07, 6.45) is 6.46. The molecule has 0 amide bonds. The van der Waals surface area contributed by atoms with E-state index in [9.17, 15) is 9.59 Å². The van der Waals surface area contributed by atoms with Crippen molar-refractivity contribution in [1.29, 1.82) is 0 Å². The minimum absolute atomic E-state index is 0.313. The minimum atomic E-state index is -0.487. The van der Waals surface area contributed by atoms with Gasteiger partial charge in [-0.2, -0.15) is 0 Å². The van der Waals surface area contributed by atoms with E-state index in [0.29, 0.717) is 24.8 Å². The smallest absolute Gasteiger partial charge is 0.342 e. The first-order chi connectivity index (χ1) is 9.25. The zero-order valence-electron chi connectivity index (χ0n) is 10.5. The van der Waals surface area contributed by atoms with Gasteiger partial charge in [0.2, 0.25) is 0 Å². The SMILES string of the molecule is O=C1CCCC(=C2C=CCc3ccccc32)C(=O)O1. The van der Waals surface area contributed by atoms with Crippen molar-refractivity contribution in [3.63, 3.8) is 0 Å². The van der Waals surface area contributed by atoms with Crippen LogP contribution in [0.15, 0.2) is 42.0 Å². The van der Waals surface area contributed by atoms with Crippen LogP contribution in [0, 0.1) is 0 Å². The van der Waals surface area contributed by atoms with Gasteiger partial charge in [-0.3, -0.25) is 4.79 Å². The summed E-state index contributed by atoms with van der Waals surface area (Å²) >= 11 is 0. The molecule has 96 valence electrons. The largest absolute Gasteiger partial charge is 0.390 e. The molecule has 3 rings (SSSR count). The molecule has 0 bridgehead atoms. The number of rotatable bonds is 0. The summed E-state index contributed by atoms with van der Waals surface area (Å²) in [5.74, 6) is -0.910. The van der Waals surface area contributed by atoms with E-state index in [1.807, 2.05) is 30.4 Å². The van der Waals surface area contributed by atoms with E-state index in [1.54, 1.807) is 0 Å². The highest BCUT2D eigenvalue weighted by Crippen LogP contribution is 2.32. The van der Waals surface area contributed by atoms with Crippen LogP contribution >= 0.6 is 0 Å². The maximum Gasteiger partial charge on any atom is 0.342 e. The van der Waals surface area contributed by atoms with Crippen LogP contribution in [-0.4, -0.2) is 11.9 Å². The normalized spacial score (nSPS) is 22.7. The van der Waals surface area contributed by atoms with Gasteiger partial charge in [-0.15, -0.1) is 0 Å². The molecule has 0 atom stereocenters. The molecule has 0 spiro atoms. The number of hydrogen-bond acceptors (Lipinski definition) is 3. The molecule has 1 aliphatic carbocycles. The summed E-state index contributed by atoms with van der Waals surface area (Å²) < 4.78 is 4.82. The van der Waals surface area contributed by atoms with Crippen LogP contribution in [0.25, 0.3) is 5.57 Å². The summed E-state index contributed by atoms with van der Waals surface area (Å²) in [4.78, 5) is 23.3. The number of hydrogen-bond donors (Lipinski definition) is 0. The van der Waals surface area contributed by atoms with Crippen molar-refractivity contribution in [3.05, 3.63) is 53.1 Å². The van der Waals surface area contributed by atoms with Gasteiger partial charge in [0, 0.05) is 12.0 Å². The van der Waals surface area contributed by atoms with Crippen LogP contribution in [0.4, 0.5) is 0 Å². The lowest BCUT2D eigenvalue weighted by Gasteiger charge is -2.16. The molecule has 0 saturated carbocycles. The quantitative estimate of drug-likeness (QED) is 0.406. The summed E-state index contributed by atoms with van der Waals surface area (Å²) in [5.41, 5.74) is 3.80. The second-order valence-corrected chi connectivity index (χ2v) is 4.77. The number of ether oxygens (including phenoxy) is 1. The van der Waals surface area contributed by atoms with E-state index in [2.05, 4.69) is 6.07 Å². The topological polar surface area (TPSA) is 43.4 Å². The highest BCUT2D eigenvalue weighted by Gasteiger charge is 2.25. The predicted octanol–water partition coefficient (Wildman–Crippen LogP) is 2.81. The van der Waals surface area contributed by atoms with Gasteiger partial charge >= 0.3 is 11.9 Å². The molecule has 0 N–H and O–H groups in total. The molecule has 3 heteroatoms. The zero-order valence-corrected chi connectivity index (χ0v) is 10.5. The Bertz CT molecular complexity index is 608. The first-order valence-electron chi connectivity index (χ1n) is 6.48. The van der Waals surface area contributed by atoms with Crippen LogP contribution in [0.3, 0.4) is 0 Å². The first kappa shape index (κ1) is 11.9. The molecule has 1 aromatic carbocycles. The number of cyclic esters (lactones) is 2. The monoisotopic (exact) mass is 254 g/mol. The van der Waals surface area contributed by atoms with Gasteiger partial charge in [-0.1, -0.05) is 36.4 Å². The zero-order chi connectivity index (χ0) is 13.2. The minimum Gasteiger partial charge on any atom is -0.390 e. The Kier molecular flexibility index (Phi) is 3.03.